The average Bonchev–Trinajstić information content (AvgIpc) is 2.58. The summed E-state index contributed by atoms with van der Waals surface area (Å²) in [6, 6.07) is 7.95. The predicted octanol–water partition coefficient (Wildman–Crippen LogP) is 2.91. The number of hydrogen-bond acceptors (Lipinski definition) is 2. The van der Waals surface area contributed by atoms with Gasteiger partial charge in [0, 0.05) is 5.02 Å². The lowest BCUT2D eigenvalue weighted by atomic mass is 10.3. The summed E-state index contributed by atoms with van der Waals surface area (Å²) in [5, 5.41) is 2.74. The van der Waals surface area contributed by atoms with Crippen molar-refractivity contribution in [2.45, 2.75) is 12.2 Å². The van der Waals surface area contributed by atoms with Crippen LogP contribution in [0.15, 0.2) is 24.3 Å². The molecular formula is C12H16ClN2S+. The van der Waals surface area contributed by atoms with Gasteiger partial charge in [-0.3, -0.25) is 4.58 Å². The molecule has 86 valence electrons. The Hall–Kier alpha value is -0.670. The first kappa shape index (κ1) is 11.8. The summed E-state index contributed by atoms with van der Waals surface area (Å²) in [5.41, 5.74) is 1.17. The first-order chi connectivity index (χ1) is 7.58. The number of amidine groups is 1. The van der Waals surface area contributed by atoms with E-state index in [-0.39, 0.29) is 0 Å². The van der Waals surface area contributed by atoms with Crippen LogP contribution in [0, 0.1) is 0 Å². The molecule has 1 aromatic carbocycles. The van der Waals surface area contributed by atoms with Crippen molar-refractivity contribution in [1.82, 2.24) is 0 Å². The van der Waals surface area contributed by atoms with Crippen molar-refractivity contribution in [3.05, 3.63) is 29.3 Å². The van der Waals surface area contributed by atoms with Gasteiger partial charge in [0.2, 0.25) is 0 Å². The molecule has 0 radical (unpaired) electrons. The molecule has 1 atom stereocenters. The zero-order valence-electron chi connectivity index (χ0n) is 9.77. The van der Waals surface area contributed by atoms with Gasteiger partial charge < -0.3 is 0 Å². The average molecular weight is 256 g/mol. The minimum Gasteiger partial charge on any atom is -0.257 e. The lowest BCUT2D eigenvalue weighted by Crippen LogP contribution is -2.28. The van der Waals surface area contributed by atoms with Gasteiger partial charge in [-0.15, -0.1) is 0 Å². The number of nitrogens with zero attached hydrogens (tertiary/aromatic N) is 2. The predicted molar refractivity (Wildman–Crippen MR) is 73.0 cm³/mol. The topological polar surface area (TPSA) is 6.25 Å². The molecule has 16 heavy (non-hydrogen) atoms. The number of hydrogen-bond donors (Lipinski definition) is 0. The molecule has 0 spiro atoms. The highest BCUT2D eigenvalue weighted by Gasteiger charge is 2.29. The second-order valence-electron chi connectivity index (χ2n) is 4.13. The smallest absolute Gasteiger partial charge is 0.257 e. The van der Waals surface area contributed by atoms with Gasteiger partial charge in [0.05, 0.1) is 25.9 Å². The highest BCUT2D eigenvalue weighted by atomic mass is 35.5. The molecule has 0 amide bonds. The summed E-state index contributed by atoms with van der Waals surface area (Å²) < 4.78 is 2.30. The zero-order chi connectivity index (χ0) is 11.7. The SMILES string of the molecule is CC1C[N+](C)=C(N(C)c2ccc(Cl)cc2)S1. The molecule has 0 bridgehead atoms. The van der Waals surface area contributed by atoms with E-state index in [4.69, 9.17) is 11.6 Å². The van der Waals surface area contributed by atoms with Crippen molar-refractivity contribution in [1.29, 1.82) is 0 Å². The quantitative estimate of drug-likeness (QED) is 0.712. The van der Waals surface area contributed by atoms with Gasteiger partial charge in [-0.2, -0.15) is 0 Å². The van der Waals surface area contributed by atoms with Crippen molar-refractivity contribution in [2.75, 3.05) is 25.5 Å². The van der Waals surface area contributed by atoms with Crippen LogP contribution in [0.25, 0.3) is 0 Å². The molecule has 2 rings (SSSR count). The summed E-state index contributed by atoms with van der Waals surface area (Å²) in [5.74, 6) is 0. The Balaban J connectivity index is 2.22. The molecule has 4 heteroatoms. The maximum absolute atomic E-state index is 5.89. The third-order valence-corrected chi connectivity index (χ3v) is 4.26. The standard InChI is InChI=1S/C12H16ClN2S/c1-9-8-14(2)12(16-9)15(3)11-6-4-10(13)5-7-11/h4-7,9H,8H2,1-3H3/q+1. The lowest BCUT2D eigenvalue weighted by molar-refractivity contribution is -0.490. The molecule has 2 nitrogen and oxygen atoms in total. The van der Waals surface area contributed by atoms with E-state index in [9.17, 15) is 0 Å². The Labute approximate surface area is 106 Å². The normalized spacial score (nSPS) is 20.4. The third-order valence-electron chi connectivity index (χ3n) is 2.66. The third kappa shape index (κ3) is 2.36. The Morgan fingerprint density at radius 2 is 2.00 bits per heavy atom. The fourth-order valence-electron chi connectivity index (χ4n) is 1.88. The van der Waals surface area contributed by atoms with Crippen molar-refractivity contribution in [3.63, 3.8) is 0 Å². The monoisotopic (exact) mass is 255 g/mol. The Kier molecular flexibility index (Phi) is 3.45. The van der Waals surface area contributed by atoms with Gasteiger partial charge in [0.15, 0.2) is 0 Å². The highest BCUT2D eigenvalue weighted by molar-refractivity contribution is 8.14. The highest BCUT2D eigenvalue weighted by Crippen LogP contribution is 2.25. The number of halogens is 1. The van der Waals surface area contributed by atoms with Crippen molar-refractivity contribution in [2.24, 2.45) is 0 Å². The van der Waals surface area contributed by atoms with Crippen LogP contribution >= 0.6 is 23.4 Å². The molecule has 1 heterocycles. The van der Waals surface area contributed by atoms with Crippen LogP contribution in [0.5, 0.6) is 0 Å². The van der Waals surface area contributed by atoms with Gasteiger partial charge in [-0.25, -0.2) is 4.90 Å². The maximum atomic E-state index is 5.89. The molecule has 0 saturated carbocycles. The summed E-state index contributed by atoms with van der Waals surface area (Å²) in [7, 11) is 4.23. The van der Waals surface area contributed by atoms with E-state index in [2.05, 4.69) is 30.5 Å². The maximum Gasteiger partial charge on any atom is 0.313 e. The molecule has 0 N–H and O–H groups in total. The van der Waals surface area contributed by atoms with Crippen molar-refractivity contribution < 1.29 is 4.58 Å². The van der Waals surface area contributed by atoms with E-state index < -0.39 is 0 Å². The van der Waals surface area contributed by atoms with Crippen LogP contribution in [0.3, 0.4) is 0 Å². The Morgan fingerprint density at radius 3 is 2.50 bits per heavy atom. The molecule has 0 aromatic heterocycles. The van der Waals surface area contributed by atoms with Crippen molar-refractivity contribution >= 4 is 34.2 Å². The second kappa shape index (κ2) is 4.68. The number of benzene rings is 1. The second-order valence-corrected chi connectivity index (χ2v) is 5.97. The number of anilines is 1. The molecular weight excluding hydrogens is 240 g/mol. The van der Waals surface area contributed by atoms with Gasteiger partial charge in [-0.1, -0.05) is 11.6 Å². The van der Waals surface area contributed by atoms with E-state index in [0.29, 0.717) is 5.25 Å². The van der Waals surface area contributed by atoms with Gasteiger partial charge >= 0.3 is 5.17 Å². The van der Waals surface area contributed by atoms with Crippen LogP contribution in [0.1, 0.15) is 6.92 Å². The summed E-state index contributed by atoms with van der Waals surface area (Å²) in [6.07, 6.45) is 0. The lowest BCUT2D eigenvalue weighted by Gasteiger charge is -2.11. The first-order valence-corrected chi connectivity index (χ1v) is 6.57. The zero-order valence-corrected chi connectivity index (χ0v) is 11.3. The van der Waals surface area contributed by atoms with Crippen LogP contribution in [-0.2, 0) is 0 Å². The van der Waals surface area contributed by atoms with E-state index >= 15 is 0 Å². The van der Waals surface area contributed by atoms with Crippen LogP contribution in [0.4, 0.5) is 5.69 Å². The summed E-state index contributed by atoms with van der Waals surface area (Å²) in [6.45, 7) is 3.36. The fourth-order valence-corrected chi connectivity index (χ4v) is 3.18. The van der Waals surface area contributed by atoms with Crippen LogP contribution in [0.2, 0.25) is 5.02 Å². The summed E-state index contributed by atoms with van der Waals surface area (Å²) in [4.78, 5) is 2.21. The summed E-state index contributed by atoms with van der Waals surface area (Å²) >= 11 is 7.80. The number of thioether (sulfide) groups is 1. The van der Waals surface area contributed by atoms with Crippen molar-refractivity contribution in [3.8, 4) is 0 Å². The van der Waals surface area contributed by atoms with Crippen LogP contribution in [-0.4, -0.2) is 35.6 Å². The molecule has 1 unspecified atom stereocenters. The largest absolute Gasteiger partial charge is 0.313 e. The van der Waals surface area contributed by atoms with E-state index in [0.717, 1.165) is 11.6 Å². The first-order valence-electron chi connectivity index (χ1n) is 5.32. The number of rotatable bonds is 1. The molecule has 1 aliphatic rings. The van der Waals surface area contributed by atoms with Gasteiger partial charge in [0.25, 0.3) is 0 Å². The minimum atomic E-state index is 0.662. The van der Waals surface area contributed by atoms with E-state index in [1.54, 1.807) is 0 Å². The van der Waals surface area contributed by atoms with E-state index in [1.807, 2.05) is 36.0 Å². The Morgan fingerprint density at radius 1 is 1.38 bits per heavy atom. The molecule has 1 aromatic rings. The van der Waals surface area contributed by atoms with Crippen LogP contribution < -0.4 is 4.90 Å². The fraction of sp³-hybridized carbons (Fsp3) is 0.417. The molecule has 0 fully saturated rings. The minimum absolute atomic E-state index is 0.662. The molecule has 0 aliphatic carbocycles. The van der Waals surface area contributed by atoms with Gasteiger partial charge in [0.1, 0.15) is 5.69 Å². The Bertz CT molecular complexity index is 414. The van der Waals surface area contributed by atoms with Gasteiger partial charge in [-0.05, 0) is 43.0 Å². The molecule has 1 aliphatic heterocycles. The molecule has 0 saturated heterocycles. The van der Waals surface area contributed by atoms with E-state index in [1.165, 1.54) is 10.9 Å².